The van der Waals surface area contributed by atoms with Crippen molar-refractivity contribution in [3.63, 3.8) is 0 Å². The normalized spacial score (nSPS) is 12.1. The topological polar surface area (TPSA) is 105 Å². The summed E-state index contributed by atoms with van der Waals surface area (Å²) in [5.41, 5.74) is 6.19. The smallest absolute Gasteiger partial charge is 0.234 e. The van der Waals surface area contributed by atoms with E-state index in [4.69, 9.17) is 16.1 Å². The number of hydrogen-bond donors (Lipinski definition) is 4. The van der Waals surface area contributed by atoms with E-state index in [2.05, 4.69) is 10.2 Å². The van der Waals surface area contributed by atoms with Gasteiger partial charge < -0.3 is 21.0 Å². The van der Waals surface area contributed by atoms with Crippen molar-refractivity contribution in [1.82, 2.24) is 5.32 Å². The Balaban J connectivity index is 2.56. The molecule has 0 saturated heterocycles. The third kappa shape index (κ3) is 4.70. The molecule has 100 valence electrons. The zero-order valence-corrected chi connectivity index (χ0v) is 10.0. The zero-order chi connectivity index (χ0) is 13.4. The second-order valence-electron chi connectivity index (χ2n) is 3.93. The zero-order valence-electron chi connectivity index (χ0n) is 10.0. The van der Waals surface area contributed by atoms with Crippen LogP contribution in [0.3, 0.4) is 0 Å². The summed E-state index contributed by atoms with van der Waals surface area (Å²) in [4.78, 5) is 15.3. The van der Waals surface area contributed by atoms with Crippen molar-refractivity contribution in [2.75, 3.05) is 13.2 Å². The largest absolute Gasteiger partial charge is 0.396 e. The summed E-state index contributed by atoms with van der Waals surface area (Å²) < 4.78 is 0. The van der Waals surface area contributed by atoms with Crippen molar-refractivity contribution in [2.45, 2.75) is 18.9 Å². The number of rotatable bonds is 8. The predicted molar refractivity (Wildman–Crippen MR) is 66.1 cm³/mol. The molecule has 6 nitrogen and oxygen atoms in total. The van der Waals surface area contributed by atoms with Crippen molar-refractivity contribution < 1.29 is 20.0 Å². The molecule has 0 saturated carbocycles. The number of aliphatic hydroxyl groups is 1. The Morgan fingerprint density at radius 3 is 2.56 bits per heavy atom. The van der Waals surface area contributed by atoms with Gasteiger partial charge in [0.25, 0.3) is 0 Å². The molecular weight excluding hydrogens is 236 g/mol. The van der Waals surface area contributed by atoms with Crippen LogP contribution in [0.5, 0.6) is 5.75 Å². The number of nitrogens with two attached hydrogens (primary N) is 1. The van der Waals surface area contributed by atoms with Gasteiger partial charge in [-0.25, -0.2) is 5.26 Å². The van der Waals surface area contributed by atoms with E-state index in [1.165, 1.54) is 0 Å². The molecule has 1 unspecified atom stereocenters. The van der Waals surface area contributed by atoms with Crippen molar-refractivity contribution in [3.05, 3.63) is 29.8 Å². The summed E-state index contributed by atoms with van der Waals surface area (Å²) in [5, 5.41) is 20.1. The van der Waals surface area contributed by atoms with Crippen molar-refractivity contribution in [2.24, 2.45) is 5.73 Å². The molecule has 0 aliphatic carbocycles. The van der Waals surface area contributed by atoms with E-state index < -0.39 is 11.9 Å². The lowest BCUT2D eigenvalue weighted by atomic mass is 10.1. The molecule has 18 heavy (non-hydrogen) atoms. The highest BCUT2D eigenvalue weighted by Gasteiger charge is 2.14. The van der Waals surface area contributed by atoms with Crippen LogP contribution in [0.25, 0.3) is 0 Å². The number of carbonyl (C=O) groups excluding carboxylic acids is 1. The van der Waals surface area contributed by atoms with Gasteiger partial charge in [-0.05, 0) is 37.1 Å². The van der Waals surface area contributed by atoms with E-state index in [1.54, 1.807) is 24.3 Å². The summed E-state index contributed by atoms with van der Waals surface area (Å²) in [7, 11) is 0. The molecule has 0 aromatic heterocycles. The number of primary amides is 1. The second kappa shape index (κ2) is 7.65. The molecule has 1 aromatic carbocycles. The highest BCUT2D eigenvalue weighted by Crippen LogP contribution is 2.12. The van der Waals surface area contributed by atoms with Crippen molar-refractivity contribution in [1.29, 1.82) is 0 Å². The fraction of sp³-hybridized carbons (Fsp3) is 0.417. The van der Waals surface area contributed by atoms with Crippen LogP contribution < -0.4 is 15.9 Å². The van der Waals surface area contributed by atoms with Crippen LogP contribution in [0.15, 0.2) is 24.3 Å². The number of aliphatic hydroxyl groups excluding tert-OH is 1. The van der Waals surface area contributed by atoms with Gasteiger partial charge in [-0.15, -0.1) is 0 Å². The Hall–Kier alpha value is -1.63. The Morgan fingerprint density at radius 2 is 2.06 bits per heavy atom. The molecule has 1 rings (SSSR count). The van der Waals surface area contributed by atoms with Gasteiger partial charge in [-0.2, -0.15) is 0 Å². The molecule has 1 aromatic rings. The Kier molecular flexibility index (Phi) is 6.13. The highest BCUT2D eigenvalue weighted by atomic mass is 17.1. The average Bonchev–Trinajstić information content (AvgIpc) is 2.38. The second-order valence-corrected chi connectivity index (χ2v) is 3.93. The van der Waals surface area contributed by atoms with E-state index in [0.717, 1.165) is 5.56 Å². The SMILES string of the molecule is NC(=O)C(Cc1ccc(OO)cc1)NCCCO. The predicted octanol–water partition coefficient (Wildman–Crippen LogP) is -0.0932. The molecule has 0 heterocycles. The molecular formula is C12H18N2O4. The minimum absolute atomic E-state index is 0.0705. The molecule has 0 spiro atoms. The average molecular weight is 254 g/mol. The van der Waals surface area contributed by atoms with Gasteiger partial charge >= 0.3 is 0 Å². The number of amides is 1. The maximum atomic E-state index is 11.3. The third-order valence-corrected chi connectivity index (χ3v) is 2.54. The summed E-state index contributed by atoms with van der Waals surface area (Å²) in [6.07, 6.45) is 1.02. The van der Waals surface area contributed by atoms with Gasteiger partial charge in [0, 0.05) is 6.61 Å². The number of benzene rings is 1. The monoisotopic (exact) mass is 254 g/mol. The maximum Gasteiger partial charge on any atom is 0.234 e. The summed E-state index contributed by atoms with van der Waals surface area (Å²) >= 11 is 0. The van der Waals surface area contributed by atoms with Crippen LogP contribution in [0.1, 0.15) is 12.0 Å². The molecule has 0 radical (unpaired) electrons. The first-order valence-electron chi connectivity index (χ1n) is 5.71. The molecule has 0 fully saturated rings. The Bertz CT molecular complexity index is 367. The van der Waals surface area contributed by atoms with Crippen molar-refractivity contribution in [3.8, 4) is 5.75 Å². The first-order chi connectivity index (χ1) is 8.67. The summed E-state index contributed by atoms with van der Waals surface area (Å²) in [5.74, 6) is -0.0990. The summed E-state index contributed by atoms with van der Waals surface area (Å²) in [6.45, 7) is 0.600. The maximum absolute atomic E-state index is 11.3. The molecule has 5 N–H and O–H groups in total. The van der Waals surface area contributed by atoms with Gasteiger partial charge in [0.05, 0.1) is 6.04 Å². The van der Waals surface area contributed by atoms with Crippen molar-refractivity contribution >= 4 is 5.91 Å². The molecule has 1 amide bonds. The van der Waals surface area contributed by atoms with E-state index in [0.29, 0.717) is 25.1 Å². The fourth-order valence-corrected chi connectivity index (χ4v) is 1.55. The van der Waals surface area contributed by atoms with E-state index in [9.17, 15) is 4.79 Å². The Labute approximate surface area is 105 Å². The molecule has 6 heteroatoms. The van der Waals surface area contributed by atoms with Crippen LogP contribution in [0.2, 0.25) is 0 Å². The van der Waals surface area contributed by atoms with Crippen LogP contribution in [0.4, 0.5) is 0 Å². The Morgan fingerprint density at radius 1 is 1.39 bits per heavy atom. The van der Waals surface area contributed by atoms with Crippen LogP contribution >= 0.6 is 0 Å². The van der Waals surface area contributed by atoms with Crippen LogP contribution in [-0.4, -0.2) is 35.5 Å². The summed E-state index contributed by atoms with van der Waals surface area (Å²) in [6, 6.07) is 6.21. The molecule has 0 aliphatic rings. The number of nitrogens with one attached hydrogen (secondary N) is 1. The van der Waals surface area contributed by atoms with Gasteiger partial charge in [0.1, 0.15) is 0 Å². The van der Waals surface area contributed by atoms with E-state index in [1.807, 2.05) is 0 Å². The quantitative estimate of drug-likeness (QED) is 0.295. The number of hydrogen-bond acceptors (Lipinski definition) is 5. The van der Waals surface area contributed by atoms with E-state index in [-0.39, 0.29) is 6.61 Å². The molecule has 0 aliphatic heterocycles. The lowest BCUT2D eigenvalue weighted by molar-refractivity contribution is -0.137. The van der Waals surface area contributed by atoms with E-state index >= 15 is 0 Å². The minimum Gasteiger partial charge on any atom is -0.396 e. The lowest BCUT2D eigenvalue weighted by Crippen LogP contribution is -2.43. The third-order valence-electron chi connectivity index (χ3n) is 2.54. The first-order valence-corrected chi connectivity index (χ1v) is 5.71. The molecule has 0 bridgehead atoms. The fourth-order valence-electron chi connectivity index (χ4n) is 1.55. The van der Waals surface area contributed by atoms with Gasteiger partial charge in [-0.1, -0.05) is 12.1 Å². The van der Waals surface area contributed by atoms with Gasteiger partial charge in [0.2, 0.25) is 5.91 Å². The minimum atomic E-state index is -0.475. The first kappa shape index (κ1) is 14.4. The van der Waals surface area contributed by atoms with Gasteiger partial charge in [0.15, 0.2) is 5.75 Å². The molecule has 1 atom stereocenters. The lowest BCUT2D eigenvalue weighted by Gasteiger charge is -2.15. The van der Waals surface area contributed by atoms with Gasteiger partial charge in [-0.3, -0.25) is 4.79 Å². The number of carbonyl (C=O) groups is 1. The standard InChI is InChI=1S/C12H18N2O4/c13-12(16)11(14-6-1-7-15)8-9-2-4-10(18-17)5-3-9/h2-5,11,14-15,17H,1,6-8H2,(H2,13,16). The van der Waals surface area contributed by atoms with Crippen LogP contribution in [-0.2, 0) is 11.2 Å². The highest BCUT2D eigenvalue weighted by molar-refractivity contribution is 5.80. The van der Waals surface area contributed by atoms with Crippen LogP contribution in [0, 0.1) is 0 Å².